The van der Waals surface area contributed by atoms with Crippen LogP contribution in [0.2, 0.25) is 0 Å². The molecule has 2 saturated carbocycles. The molecule has 3 aromatic carbocycles. The summed E-state index contributed by atoms with van der Waals surface area (Å²) in [6.07, 6.45) is 6.94. The maximum Gasteiger partial charge on any atom is 0.122 e. The van der Waals surface area contributed by atoms with Crippen LogP contribution >= 0.6 is 0 Å². The van der Waals surface area contributed by atoms with Crippen molar-refractivity contribution in [1.29, 1.82) is 0 Å². The van der Waals surface area contributed by atoms with Crippen LogP contribution in [0.5, 0.6) is 5.75 Å². The molecule has 0 radical (unpaired) electrons. The highest BCUT2D eigenvalue weighted by molar-refractivity contribution is 5.88. The number of methoxy groups -OCH3 is 1. The summed E-state index contributed by atoms with van der Waals surface area (Å²) in [7, 11) is 1.82. The third-order valence-electron chi connectivity index (χ3n) is 7.37. The van der Waals surface area contributed by atoms with Gasteiger partial charge in [0.25, 0.3) is 0 Å². The molecule has 150 valence electrons. The van der Waals surface area contributed by atoms with Crippen molar-refractivity contribution in [2.24, 2.45) is 17.8 Å². The highest BCUT2D eigenvalue weighted by Gasteiger charge is 2.36. The lowest BCUT2D eigenvalue weighted by atomic mass is 9.63. The Bertz CT molecular complexity index is 1020. The minimum Gasteiger partial charge on any atom is -0.496 e. The minimum atomic E-state index is 0.643. The zero-order valence-corrected chi connectivity index (χ0v) is 17.9. The van der Waals surface area contributed by atoms with Gasteiger partial charge in [-0.3, -0.25) is 0 Å². The van der Waals surface area contributed by atoms with Crippen molar-refractivity contribution in [3.05, 3.63) is 65.7 Å². The molecule has 0 aliphatic heterocycles. The van der Waals surface area contributed by atoms with Crippen LogP contribution in [0.1, 0.15) is 56.1 Å². The average Bonchev–Trinajstić information content (AvgIpc) is 2.72. The molecule has 0 saturated heterocycles. The van der Waals surface area contributed by atoms with Gasteiger partial charge in [-0.25, -0.2) is 0 Å². The zero-order valence-electron chi connectivity index (χ0n) is 17.9. The molecule has 2 aliphatic carbocycles. The highest BCUT2D eigenvalue weighted by Crippen LogP contribution is 2.50. The van der Waals surface area contributed by atoms with Crippen LogP contribution in [0, 0.1) is 24.7 Å². The smallest absolute Gasteiger partial charge is 0.122 e. The normalized spacial score (nSPS) is 26.4. The molecule has 2 atom stereocenters. The summed E-state index contributed by atoms with van der Waals surface area (Å²) in [5, 5.41) is 2.63. The summed E-state index contributed by atoms with van der Waals surface area (Å²) >= 11 is 0. The van der Waals surface area contributed by atoms with Gasteiger partial charge in [0.15, 0.2) is 0 Å². The lowest BCUT2D eigenvalue weighted by Crippen LogP contribution is -2.29. The molecule has 0 amide bonds. The second-order valence-electron chi connectivity index (χ2n) is 9.73. The summed E-state index contributed by atoms with van der Waals surface area (Å²) in [6, 6.07) is 20.4. The Labute approximate surface area is 175 Å². The molecule has 0 heterocycles. The van der Waals surface area contributed by atoms with Crippen LogP contribution in [0.4, 0.5) is 0 Å². The molecule has 1 heteroatoms. The first-order valence-electron chi connectivity index (χ1n) is 11.3. The van der Waals surface area contributed by atoms with E-state index in [1.54, 1.807) is 0 Å². The van der Waals surface area contributed by atoms with E-state index < -0.39 is 0 Å². The van der Waals surface area contributed by atoms with Crippen LogP contribution in [-0.4, -0.2) is 7.11 Å². The maximum atomic E-state index is 5.82. The van der Waals surface area contributed by atoms with E-state index in [2.05, 4.69) is 68.4 Å². The van der Waals surface area contributed by atoms with Crippen LogP contribution in [0.25, 0.3) is 21.9 Å². The largest absolute Gasteiger partial charge is 0.496 e. The number of rotatable bonds is 3. The summed E-state index contributed by atoms with van der Waals surface area (Å²) in [5.74, 6) is 4.43. The van der Waals surface area contributed by atoms with E-state index in [-0.39, 0.29) is 0 Å². The van der Waals surface area contributed by atoms with Crippen molar-refractivity contribution in [2.45, 2.75) is 51.9 Å². The SMILES string of the molecule is COc1ccc(-c2ccc3cc(C)ccc3c2)cc1C1CC2CC(C)CC(C2)C1. The number of benzene rings is 3. The standard InChI is InChI=1S/C28H32O/c1-18-4-5-23-16-24(7-6-22(23)12-18)25-8-9-28(29-3)27(17-25)26-14-20-10-19(2)11-21(13-20)15-26/h4-9,12,16-17,19-21,26H,10-11,13-15H2,1-3H3. The lowest BCUT2D eigenvalue weighted by Gasteiger charge is -2.42. The molecule has 29 heavy (non-hydrogen) atoms. The van der Waals surface area contributed by atoms with Gasteiger partial charge in [0.05, 0.1) is 7.11 Å². The fourth-order valence-electron chi connectivity index (χ4n) is 6.22. The first kappa shape index (κ1) is 18.7. The third kappa shape index (κ3) is 3.68. The van der Waals surface area contributed by atoms with Crippen molar-refractivity contribution in [1.82, 2.24) is 0 Å². The number of aryl methyl sites for hydroxylation is 1. The van der Waals surface area contributed by atoms with Gasteiger partial charge in [0.2, 0.25) is 0 Å². The van der Waals surface area contributed by atoms with Crippen LogP contribution in [-0.2, 0) is 0 Å². The fraction of sp³-hybridized carbons (Fsp3) is 0.429. The topological polar surface area (TPSA) is 9.23 Å². The van der Waals surface area contributed by atoms with Gasteiger partial charge in [0.1, 0.15) is 5.75 Å². The van der Waals surface area contributed by atoms with E-state index in [1.165, 1.54) is 65.1 Å². The molecule has 3 aromatic rings. The Hall–Kier alpha value is -2.28. The number of fused-ring (bicyclic) bond motifs is 3. The predicted molar refractivity (Wildman–Crippen MR) is 123 cm³/mol. The lowest BCUT2D eigenvalue weighted by molar-refractivity contribution is 0.129. The van der Waals surface area contributed by atoms with E-state index in [0.717, 1.165) is 23.5 Å². The minimum absolute atomic E-state index is 0.643. The monoisotopic (exact) mass is 384 g/mol. The Kier molecular flexibility index (Phi) is 4.86. The molecular weight excluding hydrogens is 352 g/mol. The van der Waals surface area contributed by atoms with Gasteiger partial charge in [-0.2, -0.15) is 0 Å². The van der Waals surface area contributed by atoms with Gasteiger partial charge < -0.3 is 4.74 Å². The predicted octanol–water partition coefficient (Wildman–Crippen LogP) is 7.75. The molecule has 0 N–H and O–H groups in total. The average molecular weight is 385 g/mol. The Balaban J connectivity index is 1.51. The summed E-state index contributed by atoms with van der Waals surface area (Å²) < 4.78 is 5.82. The summed E-state index contributed by atoms with van der Waals surface area (Å²) in [6.45, 7) is 4.60. The van der Waals surface area contributed by atoms with E-state index in [1.807, 2.05) is 7.11 Å². The van der Waals surface area contributed by atoms with E-state index in [0.29, 0.717) is 5.92 Å². The molecule has 2 aliphatic rings. The Morgan fingerprint density at radius 1 is 0.724 bits per heavy atom. The van der Waals surface area contributed by atoms with Gasteiger partial charge in [-0.05, 0) is 108 Å². The third-order valence-corrected chi connectivity index (χ3v) is 7.37. The second-order valence-corrected chi connectivity index (χ2v) is 9.73. The number of ether oxygens (including phenoxy) is 1. The van der Waals surface area contributed by atoms with Gasteiger partial charge in [-0.15, -0.1) is 0 Å². The zero-order chi connectivity index (χ0) is 20.0. The van der Waals surface area contributed by atoms with E-state index in [9.17, 15) is 0 Å². The van der Waals surface area contributed by atoms with Crippen LogP contribution in [0.3, 0.4) is 0 Å². The van der Waals surface area contributed by atoms with E-state index >= 15 is 0 Å². The van der Waals surface area contributed by atoms with Crippen molar-refractivity contribution < 1.29 is 4.74 Å². The quantitative estimate of drug-likeness (QED) is 0.448. The number of hydrogen-bond acceptors (Lipinski definition) is 1. The molecule has 0 spiro atoms. The molecule has 0 aromatic heterocycles. The molecule has 2 fully saturated rings. The van der Waals surface area contributed by atoms with Crippen molar-refractivity contribution in [2.75, 3.05) is 7.11 Å². The van der Waals surface area contributed by atoms with Gasteiger partial charge in [0, 0.05) is 0 Å². The first-order chi connectivity index (χ1) is 14.1. The van der Waals surface area contributed by atoms with Gasteiger partial charge >= 0.3 is 0 Å². The Morgan fingerprint density at radius 2 is 1.38 bits per heavy atom. The molecule has 2 unspecified atom stereocenters. The van der Waals surface area contributed by atoms with Crippen molar-refractivity contribution in [3.63, 3.8) is 0 Å². The van der Waals surface area contributed by atoms with Crippen LogP contribution in [0.15, 0.2) is 54.6 Å². The Morgan fingerprint density at radius 3 is 2.14 bits per heavy atom. The highest BCUT2D eigenvalue weighted by atomic mass is 16.5. The van der Waals surface area contributed by atoms with Crippen LogP contribution < -0.4 is 4.74 Å². The molecule has 2 bridgehead atoms. The second kappa shape index (κ2) is 7.52. The summed E-state index contributed by atoms with van der Waals surface area (Å²) in [4.78, 5) is 0. The van der Waals surface area contributed by atoms with Crippen molar-refractivity contribution >= 4 is 10.8 Å². The fourth-order valence-corrected chi connectivity index (χ4v) is 6.22. The number of hydrogen-bond donors (Lipinski definition) is 0. The molecule has 5 rings (SSSR count). The maximum absolute atomic E-state index is 5.82. The molecular formula is C28H32O. The first-order valence-corrected chi connectivity index (χ1v) is 11.3. The summed E-state index contributed by atoms with van der Waals surface area (Å²) in [5.41, 5.74) is 5.36. The van der Waals surface area contributed by atoms with E-state index in [4.69, 9.17) is 4.74 Å². The van der Waals surface area contributed by atoms with Gasteiger partial charge in [-0.1, -0.05) is 48.9 Å². The molecule has 1 nitrogen and oxygen atoms in total. The van der Waals surface area contributed by atoms with Crippen molar-refractivity contribution in [3.8, 4) is 16.9 Å².